The number of carbonyl (C=O) groups excluding carboxylic acids is 2. The third kappa shape index (κ3) is 10.4. The fourth-order valence-corrected chi connectivity index (χ4v) is 9.54. The maximum Gasteiger partial charge on any atom is 0.244 e. The van der Waals surface area contributed by atoms with Crippen LogP contribution in [0.2, 0.25) is 0 Å². The summed E-state index contributed by atoms with van der Waals surface area (Å²) in [5, 5.41) is 39.1. The van der Waals surface area contributed by atoms with E-state index in [0.717, 1.165) is 12.0 Å². The highest BCUT2D eigenvalue weighted by Gasteiger charge is 2.57. The Bertz CT molecular complexity index is 1780. The summed E-state index contributed by atoms with van der Waals surface area (Å²) in [7, 11) is 7.35. The topological polar surface area (TPSA) is 147 Å². The van der Waals surface area contributed by atoms with E-state index >= 15 is 0 Å². The van der Waals surface area contributed by atoms with Crippen molar-refractivity contribution in [2.75, 3.05) is 54.6 Å². The molecule has 0 aromatic heterocycles. The molecule has 3 saturated carbocycles. The van der Waals surface area contributed by atoms with E-state index in [1.54, 1.807) is 25.2 Å². The maximum absolute atomic E-state index is 14.3. The van der Waals surface area contributed by atoms with Crippen molar-refractivity contribution in [3.05, 3.63) is 95.7 Å². The Morgan fingerprint density at radius 1 is 1.09 bits per heavy atom. The number of nitrogens with zero attached hydrogens (tertiary/aromatic N) is 3. The molecule has 2 aromatic rings. The monoisotopic (exact) mass is 802 g/mol. The second-order valence-corrected chi connectivity index (χ2v) is 17.5. The number of benzene rings is 2. The van der Waals surface area contributed by atoms with Crippen molar-refractivity contribution in [3.8, 4) is 5.75 Å². The SMILES string of the molecule is C=C(/C=C(\C=C\C(=O)N[C@@H](Cc1ccccc1)CN(C)C)c1cccc(CN2O[C@@H](CO)[C@@H]([C@H](C)O)[C@H]2C(=O)N[C@H]2C[C@H]3C[C@@H]([C@@H]2C)C3(C)C)c1OC)N(C)CCO. The summed E-state index contributed by atoms with van der Waals surface area (Å²) in [6.07, 6.45) is 6.12. The lowest BCUT2D eigenvalue weighted by Crippen LogP contribution is -2.62. The van der Waals surface area contributed by atoms with Gasteiger partial charge in [0.25, 0.3) is 0 Å². The van der Waals surface area contributed by atoms with Gasteiger partial charge in [0.05, 0.1) is 33.0 Å². The van der Waals surface area contributed by atoms with Crippen molar-refractivity contribution in [1.82, 2.24) is 25.5 Å². The number of hydroxylamine groups is 2. The van der Waals surface area contributed by atoms with Crippen LogP contribution < -0.4 is 15.4 Å². The molecule has 0 radical (unpaired) electrons. The van der Waals surface area contributed by atoms with Crippen molar-refractivity contribution >= 4 is 17.4 Å². The fourth-order valence-electron chi connectivity index (χ4n) is 9.54. The molecular formula is C46H67N5O7. The number of para-hydroxylation sites is 1. The van der Waals surface area contributed by atoms with E-state index in [1.165, 1.54) is 12.5 Å². The maximum atomic E-state index is 14.3. The summed E-state index contributed by atoms with van der Waals surface area (Å²) >= 11 is 0. The number of hydrogen-bond donors (Lipinski definition) is 5. The summed E-state index contributed by atoms with van der Waals surface area (Å²) in [6.45, 7) is 13.4. The van der Waals surface area contributed by atoms with Gasteiger partial charge in [-0.25, -0.2) is 0 Å². The molecule has 9 atom stereocenters. The molecule has 4 fully saturated rings. The van der Waals surface area contributed by atoms with E-state index in [-0.39, 0.29) is 49.1 Å². The summed E-state index contributed by atoms with van der Waals surface area (Å²) in [5.41, 5.74) is 4.00. The Kier molecular flexibility index (Phi) is 15.4. The molecule has 1 saturated heterocycles. The highest BCUT2D eigenvalue weighted by molar-refractivity contribution is 5.92. The number of methoxy groups -OCH3 is 1. The zero-order valence-electron chi connectivity index (χ0n) is 35.7. The van der Waals surface area contributed by atoms with Crippen molar-refractivity contribution in [1.29, 1.82) is 0 Å². The number of aliphatic hydroxyl groups is 3. The van der Waals surface area contributed by atoms with E-state index in [9.17, 15) is 24.9 Å². The van der Waals surface area contributed by atoms with Crippen LogP contribution in [0.15, 0.2) is 79.0 Å². The molecule has 5 N–H and O–H groups in total. The number of fused-ring (bicyclic) bond motifs is 2. The fraction of sp³-hybridized carbons (Fsp3) is 0.565. The molecule has 2 amide bonds. The predicted molar refractivity (Wildman–Crippen MR) is 227 cm³/mol. The average molecular weight is 802 g/mol. The molecule has 0 spiro atoms. The standard InChI is InChI=1S/C46H67N5O7/c1-29(50(8)20-21-52)22-33(18-19-41(55)47-36(27-49(6)7)23-32-14-11-10-12-15-32)37-17-13-16-34(44(37)57-9)26-51-43(42(31(3)54)40(28-53)58-51)45(56)48-39-25-35-24-38(30(39)2)46(35,4)5/h10-19,22,30-31,35-36,38-40,42-43,52-54H,1,20-21,23-28H2,2-9H3,(H,47,55)(H,48,56)/b19-18+,33-22+/t30-,31-,35+,36-,38-,39-,40-,42+,43-/m0/s1. The number of aliphatic hydroxyl groups excluding tert-OH is 3. The van der Waals surface area contributed by atoms with Gasteiger partial charge in [0.2, 0.25) is 11.8 Å². The lowest BCUT2D eigenvalue weighted by molar-refractivity contribution is -0.183. The minimum atomic E-state index is -0.931. The van der Waals surface area contributed by atoms with Crippen LogP contribution in [-0.2, 0) is 27.4 Å². The van der Waals surface area contributed by atoms with Crippen molar-refractivity contribution in [2.24, 2.45) is 29.1 Å². The highest BCUT2D eigenvalue weighted by Crippen LogP contribution is 2.61. The molecule has 2 aromatic carbocycles. The smallest absolute Gasteiger partial charge is 0.244 e. The lowest BCUT2D eigenvalue weighted by atomic mass is 9.45. The van der Waals surface area contributed by atoms with Gasteiger partial charge in [-0.05, 0) is 86.7 Å². The van der Waals surface area contributed by atoms with Gasteiger partial charge in [0, 0.05) is 61.0 Å². The van der Waals surface area contributed by atoms with Gasteiger partial charge >= 0.3 is 0 Å². The van der Waals surface area contributed by atoms with Gasteiger partial charge in [-0.3, -0.25) is 14.4 Å². The largest absolute Gasteiger partial charge is 0.496 e. The minimum absolute atomic E-state index is 0.0112. The second-order valence-electron chi connectivity index (χ2n) is 17.5. The summed E-state index contributed by atoms with van der Waals surface area (Å²) in [5.74, 6) is 0.727. The van der Waals surface area contributed by atoms with Gasteiger partial charge in [-0.15, -0.1) is 0 Å². The van der Waals surface area contributed by atoms with Crippen molar-refractivity contribution < 1.29 is 34.5 Å². The number of nitrogens with one attached hydrogen (secondary N) is 2. The molecule has 4 aliphatic rings. The van der Waals surface area contributed by atoms with Gasteiger partial charge in [-0.2, -0.15) is 5.06 Å². The van der Waals surface area contributed by atoms with E-state index in [1.807, 2.05) is 73.4 Å². The van der Waals surface area contributed by atoms with Crippen LogP contribution in [0.3, 0.4) is 0 Å². The van der Waals surface area contributed by atoms with Crippen LogP contribution in [0.5, 0.6) is 5.75 Å². The predicted octanol–water partition coefficient (Wildman–Crippen LogP) is 4.02. The van der Waals surface area contributed by atoms with Gasteiger partial charge in [-0.1, -0.05) is 75.9 Å². The van der Waals surface area contributed by atoms with E-state index in [2.05, 4.69) is 50.1 Å². The van der Waals surface area contributed by atoms with Gasteiger partial charge < -0.3 is 40.5 Å². The number of rotatable bonds is 19. The molecule has 1 aliphatic heterocycles. The lowest BCUT2D eigenvalue weighted by Gasteiger charge is -2.62. The van der Waals surface area contributed by atoms with Crippen LogP contribution in [-0.4, -0.2) is 127 Å². The van der Waals surface area contributed by atoms with E-state index < -0.39 is 24.2 Å². The Morgan fingerprint density at radius 2 is 1.81 bits per heavy atom. The zero-order chi connectivity index (χ0) is 42.3. The number of hydrogen-bond acceptors (Lipinski definition) is 10. The molecule has 3 aliphatic carbocycles. The molecule has 12 nitrogen and oxygen atoms in total. The first-order valence-corrected chi connectivity index (χ1v) is 20.7. The third-order valence-electron chi connectivity index (χ3n) is 12.9. The van der Waals surface area contributed by atoms with Crippen molar-refractivity contribution in [3.63, 3.8) is 0 Å². The van der Waals surface area contributed by atoms with E-state index in [0.29, 0.717) is 65.4 Å². The summed E-state index contributed by atoms with van der Waals surface area (Å²) in [6, 6.07) is 14.7. The van der Waals surface area contributed by atoms with Crippen molar-refractivity contribution in [2.45, 2.75) is 83.8 Å². The van der Waals surface area contributed by atoms with Crippen LogP contribution in [0.25, 0.3) is 5.57 Å². The minimum Gasteiger partial charge on any atom is -0.496 e. The Balaban J connectivity index is 1.44. The molecular weight excluding hydrogens is 735 g/mol. The number of likely N-dealkylation sites (N-methyl/N-ethyl adjacent to an activating group) is 2. The average Bonchev–Trinajstić information content (AvgIpc) is 3.55. The Labute approximate surface area is 345 Å². The molecule has 6 rings (SSSR count). The molecule has 1 heterocycles. The molecule has 2 bridgehead atoms. The number of carbonyl (C=O) groups is 2. The van der Waals surface area contributed by atoms with Crippen LogP contribution in [0.4, 0.5) is 0 Å². The Hall–Kier alpha value is -4.04. The number of amides is 2. The van der Waals surface area contributed by atoms with Gasteiger partial charge in [0.15, 0.2) is 0 Å². The number of allylic oxidation sites excluding steroid dienone is 3. The first-order valence-electron chi connectivity index (χ1n) is 20.7. The third-order valence-corrected chi connectivity index (χ3v) is 12.9. The Morgan fingerprint density at radius 3 is 2.41 bits per heavy atom. The van der Waals surface area contributed by atoms with Crippen LogP contribution in [0, 0.1) is 29.1 Å². The summed E-state index contributed by atoms with van der Waals surface area (Å²) in [4.78, 5) is 38.0. The van der Waals surface area contributed by atoms with E-state index in [4.69, 9.17) is 9.57 Å². The first-order chi connectivity index (χ1) is 27.6. The van der Waals surface area contributed by atoms with Crippen LogP contribution >= 0.6 is 0 Å². The highest BCUT2D eigenvalue weighted by atomic mass is 16.7. The number of ether oxygens (including phenoxy) is 1. The quantitative estimate of drug-likeness (QED) is 0.104. The zero-order valence-corrected chi connectivity index (χ0v) is 35.7. The molecule has 318 valence electrons. The molecule has 12 heteroatoms. The van der Waals surface area contributed by atoms with Crippen LogP contribution in [0.1, 0.15) is 57.2 Å². The molecule has 0 unspecified atom stereocenters. The molecule has 58 heavy (non-hydrogen) atoms. The van der Waals surface area contributed by atoms with Gasteiger partial charge in [0.1, 0.15) is 17.9 Å². The first kappa shape index (κ1) is 45.1. The summed E-state index contributed by atoms with van der Waals surface area (Å²) < 4.78 is 6.09. The normalized spacial score (nSPS) is 26.6. The second kappa shape index (κ2) is 19.8.